The highest BCUT2D eigenvalue weighted by Gasteiger charge is 2.09. The number of ether oxygens (including phenoxy) is 2. The van der Waals surface area contributed by atoms with E-state index in [0.717, 1.165) is 22.6 Å². The Bertz CT molecular complexity index is 399. The lowest BCUT2D eigenvalue weighted by molar-refractivity contribution is 0.317. The van der Waals surface area contributed by atoms with Gasteiger partial charge in [-0.2, -0.15) is 0 Å². The first-order valence-corrected chi connectivity index (χ1v) is 5.01. The van der Waals surface area contributed by atoms with Crippen LogP contribution in [-0.4, -0.2) is 25.1 Å². The standard InChI is InChI=1S/C12H17NO3/c1-8-5-12(16-4)10(6-9(2)13-14)7-11(8)15-3/h5,7,14H,6H2,1-4H3/b13-9-. The first-order chi connectivity index (χ1) is 7.62. The molecule has 88 valence electrons. The molecule has 0 saturated carbocycles. The van der Waals surface area contributed by atoms with Gasteiger partial charge in [-0.1, -0.05) is 5.16 Å². The Morgan fingerprint density at radius 2 is 1.88 bits per heavy atom. The highest BCUT2D eigenvalue weighted by Crippen LogP contribution is 2.28. The molecule has 1 rings (SSSR count). The molecule has 4 nitrogen and oxygen atoms in total. The van der Waals surface area contributed by atoms with Crippen LogP contribution in [0.5, 0.6) is 11.5 Å². The smallest absolute Gasteiger partial charge is 0.122 e. The van der Waals surface area contributed by atoms with E-state index in [-0.39, 0.29) is 0 Å². The number of aryl methyl sites for hydroxylation is 1. The lowest BCUT2D eigenvalue weighted by Crippen LogP contribution is -2.02. The van der Waals surface area contributed by atoms with Gasteiger partial charge in [-0.05, 0) is 31.5 Å². The van der Waals surface area contributed by atoms with Crippen LogP contribution in [0.2, 0.25) is 0 Å². The summed E-state index contributed by atoms with van der Waals surface area (Å²) < 4.78 is 10.5. The summed E-state index contributed by atoms with van der Waals surface area (Å²) >= 11 is 0. The quantitative estimate of drug-likeness (QED) is 0.484. The van der Waals surface area contributed by atoms with E-state index < -0.39 is 0 Å². The Morgan fingerprint density at radius 1 is 1.25 bits per heavy atom. The highest BCUT2D eigenvalue weighted by atomic mass is 16.5. The zero-order valence-corrected chi connectivity index (χ0v) is 10.1. The number of hydrogen-bond donors (Lipinski definition) is 1. The monoisotopic (exact) mass is 223 g/mol. The molecule has 0 aromatic heterocycles. The number of oxime groups is 1. The molecule has 1 aromatic rings. The predicted octanol–water partition coefficient (Wildman–Crippen LogP) is 2.40. The van der Waals surface area contributed by atoms with Gasteiger partial charge in [-0.15, -0.1) is 0 Å². The summed E-state index contributed by atoms with van der Waals surface area (Å²) in [6, 6.07) is 3.82. The van der Waals surface area contributed by atoms with Crippen molar-refractivity contribution in [3.8, 4) is 11.5 Å². The Balaban J connectivity index is 3.14. The molecular formula is C12H17NO3. The third kappa shape index (κ3) is 2.66. The maximum Gasteiger partial charge on any atom is 0.122 e. The van der Waals surface area contributed by atoms with Crippen LogP contribution in [0.25, 0.3) is 0 Å². The van der Waals surface area contributed by atoms with Crippen molar-refractivity contribution >= 4 is 5.71 Å². The molecule has 0 aliphatic heterocycles. The second-order valence-electron chi connectivity index (χ2n) is 3.65. The SMILES string of the molecule is COc1cc(C/C(C)=N\O)c(OC)cc1C. The zero-order chi connectivity index (χ0) is 12.1. The van der Waals surface area contributed by atoms with E-state index >= 15 is 0 Å². The summed E-state index contributed by atoms with van der Waals surface area (Å²) in [5.41, 5.74) is 2.59. The third-order valence-corrected chi connectivity index (χ3v) is 2.41. The average molecular weight is 223 g/mol. The molecular weight excluding hydrogens is 206 g/mol. The highest BCUT2D eigenvalue weighted by molar-refractivity contribution is 5.84. The number of hydrogen-bond acceptors (Lipinski definition) is 4. The van der Waals surface area contributed by atoms with Gasteiger partial charge in [-0.25, -0.2) is 0 Å². The van der Waals surface area contributed by atoms with Crippen LogP contribution < -0.4 is 9.47 Å². The molecule has 0 fully saturated rings. The van der Waals surface area contributed by atoms with Crippen LogP contribution in [0.15, 0.2) is 17.3 Å². The number of benzene rings is 1. The Hall–Kier alpha value is -1.71. The molecule has 0 aliphatic carbocycles. The van der Waals surface area contributed by atoms with E-state index in [1.807, 2.05) is 19.1 Å². The zero-order valence-electron chi connectivity index (χ0n) is 10.1. The Morgan fingerprint density at radius 3 is 2.38 bits per heavy atom. The van der Waals surface area contributed by atoms with Crippen LogP contribution in [0, 0.1) is 6.92 Å². The van der Waals surface area contributed by atoms with E-state index in [1.54, 1.807) is 21.1 Å². The summed E-state index contributed by atoms with van der Waals surface area (Å²) in [6.45, 7) is 3.71. The van der Waals surface area contributed by atoms with Crippen molar-refractivity contribution in [3.63, 3.8) is 0 Å². The summed E-state index contributed by atoms with van der Waals surface area (Å²) in [7, 11) is 3.25. The molecule has 0 bridgehead atoms. The van der Waals surface area contributed by atoms with Crippen molar-refractivity contribution < 1.29 is 14.7 Å². The minimum atomic E-state index is 0.538. The summed E-state index contributed by atoms with van der Waals surface area (Å²) in [4.78, 5) is 0. The van der Waals surface area contributed by atoms with Gasteiger partial charge in [-0.3, -0.25) is 0 Å². The second kappa shape index (κ2) is 5.39. The number of methoxy groups -OCH3 is 2. The minimum Gasteiger partial charge on any atom is -0.496 e. The molecule has 0 amide bonds. The van der Waals surface area contributed by atoms with Gasteiger partial charge in [0.1, 0.15) is 11.5 Å². The molecule has 0 spiro atoms. The second-order valence-corrected chi connectivity index (χ2v) is 3.65. The predicted molar refractivity (Wildman–Crippen MR) is 62.9 cm³/mol. The largest absolute Gasteiger partial charge is 0.496 e. The molecule has 16 heavy (non-hydrogen) atoms. The van der Waals surface area contributed by atoms with Crippen LogP contribution in [0.4, 0.5) is 0 Å². The van der Waals surface area contributed by atoms with Crippen LogP contribution >= 0.6 is 0 Å². The Labute approximate surface area is 95.5 Å². The van der Waals surface area contributed by atoms with Gasteiger partial charge in [0, 0.05) is 12.0 Å². The van der Waals surface area contributed by atoms with Crippen molar-refractivity contribution in [2.75, 3.05) is 14.2 Å². The third-order valence-electron chi connectivity index (χ3n) is 2.41. The fourth-order valence-electron chi connectivity index (χ4n) is 1.56. The lowest BCUT2D eigenvalue weighted by Gasteiger charge is -2.12. The molecule has 0 unspecified atom stereocenters. The summed E-state index contributed by atoms with van der Waals surface area (Å²) in [5, 5.41) is 11.8. The van der Waals surface area contributed by atoms with E-state index in [9.17, 15) is 0 Å². The molecule has 4 heteroatoms. The van der Waals surface area contributed by atoms with Crippen molar-refractivity contribution in [1.29, 1.82) is 0 Å². The lowest BCUT2D eigenvalue weighted by atomic mass is 10.0. The van der Waals surface area contributed by atoms with Crippen LogP contribution in [0.3, 0.4) is 0 Å². The van der Waals surface area contributed by atoms with Crippen LogP contribution in [0.1, 0.15) is 18.1 Å². The molecule has 0 saturated heterocycles. The van der Waals surface area contributed by atoms with E-state index in [4.69, 9.17) is 14.7 Å². The van der Waals surface area contributed by atoms with Gasteiger partial charge >= 0.3 is 0 Å². The van der Waals surface area contributed by atoms with E-state index in [0.29, 0.717) is 12.1 Å². The summed E-state index contributed by atoms with van der Waals surface area (Å²) in [5.74, 6) is 1.59. The van der Waals surface area contributed by atoms with E-state index in [1.165, 1.54) is 0 Å². The fourth-order valence-corrected chi connectivity index (χ4v) is 1.56. The molecule has 0 atom stereocenters. The minimum absolute atomic E-state index is 0.538. The summed E-state index contributed by atoms with van der Waals surface area (Å²) in [6.07, 6.45) is 0.538. The molecule has 0 radical (unpaired) electrons. The topological polar surface area (TPSA) is 51.0 Å². The van der Waals surface area contributed by atoms with Crippen LogP contribution in [-0.2, 0) is 6.42 Å². The van der Waals surface area contributed by atoms with Crippen molar-refractivity contribution in [3.05, 3.63) is 23.3 Å². The molecule has 0 heterocycles. The number of rotatable bonds is 4. The maximum atomic E-state index is 8.66. The van der Waals surface area contributed by atoms with Gasteiger partial charge in [0.05, 0.1) is 19.9 Å². The normalized spacial score (nSPS) is 11.4. The fraction of sp³-hybridized carbons (Fsp3) is 0.417. The molecule has 0 aliphatic rings. The number of nitrogens with zero attached hydrogens (tertiary/aromatic N) is 1. The van der Waals surface area contributed by atoms with Crippen molar-refractivity contribution in [2.24, 2.45) is 5.16 Å². The Kier molecular flexibility index (Phi) is 4.17. The van der Waals surface area contributed by atoms with Crippen molar-refractivity contribution in [1.82, 2.24) is 0 Å². The first-order valence-electron chi connectivity index (χ1n) is 5.01. The van der Waals surface area contributed by atoms with E-state index in [2.05, 4.69) is 5.16 Å². The average Bonchev–Trinajstić information content (AvgIpc) is 2.30. The van der Waals surface area contributed by atoms with Gasteiger partial charge < -0.3 is 14.7 Å². The molecule has 1 aromatic carbocycles. The molecule has 1 N–H and O–H groups in total. The van der Waals surface area contributed by atoms with Crippen molar-refractivity contribution in [2.45, 2.75) is 20.3 Å². The van der Waals surface area contributed by atoms with Gasteiger partial charge in [0.25, 0.3) is 0 Å². The van der Waals surface area contributed by atoms with Gasteiger partial charge in [0.2, 0.25) is 0 Å². The van der Waals surface area contributed by atoms with Gasteiger partial charge in [0.15, 0.2) is 0 Å². The maximum absolute atomic E-state index is 8.66. The first kappa shape index (κ1) is 12.4.